The average Bonchev–Trinajstić information content (AvgIpc) is 2.42. The van der Waals surface area contributed by atoms with Gasteiger partial charge in [-0.3, -0.25) is 4.90 Å². The van der Waals surface area contributed by atoms with Crippen molar-refractivity contribution in [3.63, 3.8) is 0 Å². The third kappa shape index (κ3) is 3.39. The molecule has 0 amide bonds. The van der Waals surface area contributed by atoms with Gasteiger partial charge in [0.2, 0.25) is 0 Å². The van der Waals surface area contributed by atoms with Crippen LogP contribution in [0.15, 0.2) is 18.2 Å². The van der Waals surface area contributed by atoms with Crippen molar-refractivity contribution in [2.24, 2.45) is 5.73 Å². The maximum atomic E-state index is 10.1. The second kappa shape index (κ2) is 6.26. The van der Waals surface area contributed by atoms with Gasteiger partial charge >= 0.3 is 0 Å². The summed E-state index contributed by atoms with van der Waals surface area (Å²) in [5, 5.41) is 10.1. The Hall–Kier alpha value is -1.26. The summed E-state index contributed by atoms with van der Waals surface area (Å²) in [6, 6.07) is 6.57. The first-order chi connectivity index (χ1) is 9.11. The Bertz CT molecular complexity index is 415. The van der Waals surface area contributed by atoms with E-state index >= 15 is 0 Å². The fourth-order valence-corrected chi connectivity index (χ4v) is 2.80. The minimum Gasteiger partial charge on any atom is -0.504 e. The molecule has 106 valence electrons. The van der Waals surface area contributed by atoms with Crippen LogP contribution in [0.4, 0.5) is 0 Å². The van der Waals surface area contributed by atoms with Gasteiger partial charge in [-0.05, 0) is 38.8 Å². The lowest BCUT2D eigenvalue weighted by atomic mass is 9.91. The maximum Gasteiger partial charge on any atom is 0.162 e. The number of phenolic OH excluding ortho intramolecular Hbond substituents is 1. The van der Waals surface area contributed by atoms with E-state index in [4.69, 9.17) is 10.5 Å². The van der Waals surface area contributed by atoms with Gasteiger partial charge in [0.25, 0.3) is 0 Å². The predicted octanol–water partition coefficient (Wildman–Crippen LogP) is 2.10. The third-order valence-electron chi connectivity index (χ3n) is 4.09. The Morgan fingerprint density at radius 3 is 2.63 bits per heavy atom. The highest BCUT2D eigenvalue weighted by Crippen LogP contribution is 2.31. The summed E-state index contributed by atoms with van der Waals surface area (Å²) in [5.74, 6) is 0.793. The summed E-state index contributed by atoms with van der Waals surface area (Å²) in [5.41, 5.74) is 6.85. The van der Waals surface area contributed by atoms with Crippen molar-refractivity contribution in [1.82, 2.24) is 4.90 Å². The molecule has 1 saturated carbocycles. The molecule has 0 unspecified atom stereocenters. The minimum absolute atomic E-state index is 0.254. The molecular formula is C15H24N2O2. The molecule has 4 nitrogen and oxygen atoms in total. The van der Waals surface area contributed by atoms with E-state index in [-0.39, 0.29) is 5.75 Å². The van der Waals surface area contributed by atoms with Gasteiger partial charge in [0, 0.05) is 24.2 Å². The van der Waals surface area contributed by atoms with E-state index in [0.29, 0.717) is 17.8 Å². The number of aromatic hydroxyl groups is 1. The summed E-state index contributed by atoms with van der Waals surface area (Å²) < 4.78 is 5.14. The minimum atomic E-state index is 0.254. The second-order valence-corrected chi connectivity index (χ2v) is 5.45. The van der Waals surface area contributed by atoms with Crippen molar-refractivity contribution >= 4 is 0 Å². The van der Waals surface area contributed by atoms with Crippen LogP contribution in [0.25, 0.3) is 0 Å². The second-order valence-electron chi connectivity index (χ2n) is 5.45. The van der Waals surface area contributed by atoms with Crippen LogP contribution in [0.3, 0.4) is 0 Å². The zero-order valence-corrected chi connectivity index (χ0v) is 11.8. The van der Waals surface area contributed by atoms with Gasteiger partial charge in [-0.25, -0.2) is 0 Å². The smallest absolute Gasteiger partial charge is 0.162 e. The molecule has 2 rings (SSSR count). The fourth-order valence-electron chi connectivity index (χ4n) is 2.80. The molecule has 0 heterocycles. The molecule has 0 spiro atoms. The van der Waals surface area contributed by atoms with Crippen molar-refractivity contribution < 1.29 is 9.84 Å². The number of rotatable bonds is 4. The lowest BCUT2D eigenvalue weighted by Crippen LogP contribution is -2.38. The highest BCUT2D eigenvalue weighted by Gasteiger charge is 2.22. The average molecular weight is 264 g/mol. The van der Waals surface area contributed by atoms with E-state index in [2.05, 4.69) is 11.9 Å². The van der Waals surface area contributed by atoms with Gasteiger partial charge in [-0.15, -0.1) is 0 Å². The molecule has 1 aromatic rings. The van der Waals surface area contributed by atoms with Gasteiger partial charge in [0.1, 0.15) is 0 Å². The molecular weight excluding hydrogens is 240 g/mol. The molecule has 0 atom stereocenters. The molecule has 3 N–H and O–H groups in total. The van der Waals surface area contributed by atoms with Crippen LogP contribution >= 0.6 is 0 Å². The highest BCUT2D eigenvalue weighted by atomic mass is 16.5. The molecule has 1 aliphatic carbocycles. The first kappa shape index (κ1) is 14.2. The summed E-state index contributed by atoms with van der Waals surface area (Å²) in [7, 11) is 3.69. The number of hydrogen-bond donors (Lipinski definition) is 2. The predicted molar refractivity (Wildman–Crippen MR) is 76.4 cm³/mol. The largest absolute Gasteiger partial charge is 0.504 e. The van der Waals surface area contributed by atoms with Gasteiger partial charge < -0.3 is 15.6 Å². The highest BCUT2D eigenvalue weighted by molar-refractivity contribution is 5.45. The van der Waals surface area contributed by atoms with Crippen molar-refractivity contribution in [3.8, 4) is 11.5 Å². The van der Waals surface area contributed by atoms with Crippen LogP contribution in [0.5, 0.6) is 11.5 Å². The molecule has 0 bridgehead atoms. The Morgan fingerprint density at radius 2 is 2.00 bits per heavy atom. The first-order valence-electron chi connectivity index (χ1n) is 6.92. The van der Waals surface area contributed by atoms with Crippen LogP contribution in [-0.2, 0) is 6.54 Å². The monoisotopic (exact) mass is 264 g/mol. The van der Waals surface area contributed by atoms with Crippen molar-refractivity contribution in [3.05, 3.63) is 23.8 Å². The lowest BCUT2D eigenvalue weighted by Gasteiger charge is -2.33. The van der Waals surface area contributed by atoms with Crippen LogP contribution in [0.1, 0.15) is 31.2 Å². The SMILES string of the molecule is COc1cccc(CN(C)C2CCC(N)CC2)c1O. The maximum absolute atomic E-state index is 10.1. The Morgan fingerprint density at radius 1 is 1.32 bits per heavy atom. The van der Waals surface area contributed by atoms with Gasteiger partial charge in [-0.2, -0.15) is 0 Å². The third-order valence-corrected chi connectivity index (χ3v) is 4.09. The van der Waals surface area contributed by atoms with Gasteiger partial charge in [0.15, 0.2) is 11.5 Å². The van der Waals surface area contributed by atoms with Crippen LogP contribution in [0.2, 0.25) is 0 Å². The summed E-state index contributed by atoms with van der Waals surface area (Å²) in [4.78, 5) is 2.31. The Kier molecular flexibility index (Phi) is 4.66. The Labute approximate surface area is 115 Å². The molecule has 0 saturated heterocycles. The van der Waals surface area contributed by atoms with E-state index in [1.165, 1.54) is 0 Å². The molecule has 0 aromatic heterocycles. The first-order valence-corrected chi connectivity index (χ1v) is 6.92. The Balaban J connectivity index is 2.00. The fraction of sp³-hybridized carbons (Fsp3) is 0.600. The summed E-state index contributed by atoms with van der Waals surface area (Å²) in [6.45, 7) is 0.739. The molecule has 0 radical (unpaired) electrons. The van der Waals surface area contributed by atoms with Crippen molar-refractivity contribution in [2.75, 3.05) is 14.2 Å². The molecule has 19 heavy (non-hydrogen) atoms. The number of nitrogens with two attached hydrogens (primary N) is 1. The molecule has 4 heteroatoms. The zero-order chi connectivity index (χ0) is 13.8. The van der Waals surface area contributed by atoms with E-state index < -0.39 is 0 Å². The number of methoxy groups -OCH3 is 1. The number of para-hydroxylation sites is 1. The topological polar surface area (TPSA) is 58.7 Å². The summed E-state index contributed by atoms with van der Waals surface area (Å²) in [6.07, 6.45) is 4.48. The summed E-state index contributed by atoms with van der Waals surface area (Å²) >= 11 is 0. The van der Waals surface area contributed by atoms with Gasteiger partial charge in [0.05, 0.1) is 7.11 Å². The van der Waals surface area contributed by atoms with Crippen LogP contribution in [0, 0.1) is 0 Å². The molecule has 1 aliphatic rings. The number of nitrogens with zero attached hydrogens (tertiary/aromatic N) is 1. The molecule has 1 aromatic carbocycles. The number of ether oxygens (including phenoxy) is 1. The van der Waals surface area contributed by atoms with E-state index in [1.54, 1.807) is 13.2 Å². The number of phenols is 1. The van der Waals surface area contributed by atoms with Crippen LogP contribution < -0.4 is 10.5 Å². The quantitative estimate of drug-likeness (QED) is 0.874. The van der Waals surface area contributed by atoms with Crippen molar-refractivity contribution in [1.29, 1.82) is 0 Å². The zero-order valence-electron chi connectivity index (χ0n) is 11.8. The van der Waals surface area contributed by atoms with E-state index in [1.807, 2.05) is 12.1 Å². The van der Waals surface area contributed by atoms with E-state index in [9.17, 15) is 5.11 Å². The van der Waals surface area contributed by atoms with Gasteiger partial charge in [-0.1, -0.05) is 12.1 Å². The van der Waals surface area contributed by atoms with Crippen LogP contribution in [-0.4, -0.2) is 36.2 Å². The standard InChI is InChI=1S/C15H24N2O2/c1-17(13-8-6-12(16)7-9-13)10-11-4-3-5-14(19-2)15(11)18/h3-5,12-13,18H,6-10,16H2,1-2H3. The van der Waals surface area contributed by atoms with Crippen molar-refractivity contribution in [2.45, 2.75) is 44.3 Å². The number of hydrogen-bond acceptors (Lipinski definition) is 4. The van der Waals surface area contributed by atoms with E-state index in [0.717, 1.165) is 37.8 Å². The normalized spacial score (nSPS) is 23.6. The molecule has 0 aliphatic heterocycles. The molecule has 1 fully saturated rings. The lowest BCUT2D eigenvalue weighted by molar-refractivity contribution is 0.174. The number of benzene rings is 1.